The van der Waals surface area contributed by atoms with Crippen molar-refractivity contribution in [1.29, 1.82) is 0 Å². The molecular weight excluding hydrogens is 276 g/mol. The molecule has 0 radical (unpaired) electrons. The van der Waals surface area contributed by atoms with Crippen LogP contribution < -0.4 is 9.47 Å². The van der Waals surface area contributed by atoms with Crippen LogP contribution in [0.2, 0.25) is 0 Å². The van der Waals surface area contributed by atoms with E-state index in [0.717, 1.165) is 11.1 Å². The Balaban J connectivity index is 2.12. The second-order valence-electron chi connectivity index (χ2n) is 4.61. The van der Waals surface area contributed by atoms with Crippen molar-refractivity contribution in [2.24, 2.45) is 7.05 Å². The van der Waals surface area contributed by atoms with Crippen molar-refractivity contribution in [3.63, 3.8) is 0 Å². The standard InChI is InChI=1S/C14H14N2O5/c1-16-11(5-10(15-16)14(17)18)9-4-3-8(6-19-2)12-13(9)21-7-20-12/h3-5H,6-7H2,1-2H3,(H,17,18). The van der Waals surface area contributed by atoms with Crippen molar-refractivity contribution in [2.45, 2.75) is 6.61 Å². The van der Waals surface area contributed by atoms with Crippen LogP contribution in [-0.2, 0) is 18.4 Å². The number of hydrogen-bond donors (Lipinski definition) is 1. The quantitative estimate of drug-likeness (QED) is 0.922. The molecular formula is C14H14N2O5. The lowest BCUT2D eigenvalue weighted by molar-refractivity contribution is 0.0689. The van der Waals surface area contributed by atoms with E-state index in [1.165, 1.54) is 10.7 Å². The predicted octanol–water partition coefficient (Wildman–Crippen LogP) is 1.66. The van der Waals surface area contributed by atoms with Crippen LogP contribution in [0.5, 0.6) is 11.5 Å². The Morgan fingerprint density at radius 2 is 2.19 bits per heavy atom. The monoisotopic (exact) mass is 290 g/mol. The number of ether oxygens (including phenoxy) is 3. The van der Waals surface area contributed by atoms with Crippen molar-refractivity contribution >= 4 is 5.97 Å². The fourth-order valence-electron chi connectivity index (χ4n) is 2.35. The Hall–Kier alpha value is -2.54. The molecule has 0 spiro atoms. The van der Waals surface area contributed by atoms with Crippen molar-refractivity contribution in [1.82, 2.24) is 9.78 Å². The molecule has 110 valence electrons. The van der Waals surface area contributed by atoms with Crippen molar-refractivity contribution < 1.29 is 24.1 Å². The number of aromatic nitrogens is 2. The Morgan fingerprint density at radius 1 is 1.43 bits per heavy atom. The van der Waals surface area contributed by atoms with E-state index in [4.69, 9.17) is 19.3 Å². The molecule has 1 aromatic carbocycles. The van der Waals surface area contributed by atoms with Gasteiger partial charge in [-0.15, -0.1) is 0 Å². The minimum atomic E-state index is -1.07. The maximum atomic E-state index is 11.0. The van der Waals surface area contributed by atoms with Crippen LogP contribution in [0.15, 0.2) is 18.2 Å². The molecule has 0 amide bonds. The van der Waals surface area contributed by atoms with Gasteiger partial charge in [0.05, 0.1) is 12.3 Å². The van der Waals surface area contributed by atoms with Crippen LogP contribution in [0, 0.1) is 0 Å². The lowest BCUT2D eigenvalue weighted by atomic mass is 10.1. The van der Waals surface area contributed by atoms with E-state index in [2.05, 4.69) is 5.10 Å². The van der Waals surface area contributed by atoms with Crippen LogP contribution in [0.4, 0.5) is 0 Å². The largest absolute Gasteiger partial charge is 0.476 e. The maximum absolute atomic E-state index is 11.0. The molecule has 2 heterocycles. The van der Waals surface area contributed by atoms with Gasteiger partial charge in [-0.25, -0.2) is 4.79 Å². The summed E-state index contributed by atoms with van der Waals surface area (Å²) in [5.41, 5.74) is 2.26. The SMILES string of the molecule is COCc1ccc(-c2cc(C(=O)O)nn2C)c2c1OCO2. The van der Waals surface area contributed by atoms with Gasteiger partial charge in [0.15, 0.2) is 17.2 Å². The molecule has 0 unspecified atom stereocenters. The maximum Gasteiger partial charge on any atom is 0.356 e. The smallest absolute Gasteiger partial charge is 0.356 e. The van der Waals surface area contributed by atoms with Gasteiger partial charge in [-0.3, -0.25) is 4.68 Å². The van der Waals surface area contributed by atoms with Crippen LogP contribution >= 0.6 is 0 Å². The molecule has 0 atom stereocenters. The second-order valence-corrected chi connectivity index (χ2v) is 4.61. The molecule has 7 nitrogen and oxygen atoms in total. The molecule has 0 saturated heterocycles. The first-order valence-electron chi connectivity index (χ1n) is 6.30. The average Bonchev–Trinajstić information content (AvgIpc) is 3.06. The van der Waals surface area contributed by atoms with Crippen LogP contribution in [0.25, 0.3) is 11.3 Å². The third kappa shape index (κ3) is 2.21. The minimum absolute atomic E-state index is 0.0128. The Bertz CT molecular complexity index is 708. The topological polar surface area (TPSA) is 82.8 Å². The van der Waals surface area contributed by atoms with Crippen LogP contribution in [0.3, 0.4) is 0 Å². The van der Waals surface area contributed by atoms with Gasteiger partial charge in [0.2, 0.25) is 6.79 Å². The predicted molar refractivity (Wildman–Crippen MR) is 72.4 cm³/mol. The zero-order valence-electron chi connectivity index (χ0n) is 11.6. The van der Waals surface area contributed by atoms with Gasteiger partial charge < -0.3 is 19.3 Å². The van der Waals surface area contributed by atoms with Gasteiger partial charge in [0, 0.05) is 25.3 Å². The van der Waals surface area contributed by atoms with E-state index >= 15 is 0 Å². The zero-order valence-corrected chi connectivity index (χ0v) is 11.6. The average molecular weight is 290 g/mol. The molecule has 1 aliphatic rings. The van der Waals surface area contributed by atoms with Crippen LogP contribution in [0.1, 0.15) is 16.1 Å². The summed E-state index contributed by atoms with van der Waals surface area (Å²) in [6.07, 6.45) is 0. The number of carbonyl (C=O) groups is 1. The van der Waals surface area contributed by atoms with Gasteiger partial charge in [0.1, 0.15) is 0 Å². The lowest BCUT2D eigenvalue weighted by Crippen LogP contribution is -1.99. The normalized spacial score (nSPS) is 12.7. The van der Waals surface area contributed by atoms with Gasteiger partial charge in [-0.2, -0.15) is 5.10 Å². The van der Waals surface area contributed by atoms with E-state index in [1.807, 2.05) is 12.1 Å². The Kier molecular flexibility index (Phi) is 3.26. The Morgan fingerprint density at radius 3 is 2.86 bits per heavy atom. The molecule has 0 saturated carbocycles. The van der Waals surface area contributed by atoms with Crippen molar-refractivity contribution in [3.8, 4) is 22.8 Å². The highest BCUT2D eigenvalue weighted by Crippen LogP contribution is 2.44. The number of methoxy groups -OCH3 is 1. The molecule has 1 aromatic heterocycles. The van der Waals surface area contributed by atoms with E-state index in [-0.39, 0.29) is 12.5 Å². The molecule has 3 rings (SSSR count). The molecule has 0 fully saturated rings. The molecule has 1 N–H and O–H groups in total. The van der Waals surface area contributed by atoms with E-state index in [9.17, 15) is 4.79 Å². The van der Waals surface area contributed by atoms with E-state index < -0.39 is 5.97 Å². The Labute approximate surface area is 120 Å². The first-order valence-corrected chi connectivity index (χ1v) is 6.30. The molecule has 1 aliphatic heterocycles. The van der Waals surface area contributed by atoms with Crippen molar-refractivity contribution in [2.75, 3.05) is 13.9 Å². The third-order valence-electron chi connectivity index (χ3n) is 3.27. The van der Waals surface area contributed by atoms with Gasteiger partial charge in [0.25, 0.3) is 0 Å². The number of carboxylic acid groups (broad SMARTS) is 1. The first-order chi connectivity index (χ1) is 10.1. The summed E-state index contributed by atoms with van der Waals surface area (Å²) < 4.78 is 17.7. The highest BCUT2D eigenvalue weighted by Gasteiger charge is 2.25. The summed E-state index contributed by atoms with van der Waals surface area (Å²) in [5, 5.41) is 13.0. The summed E-state index contributed by atoms with van der Waals surface area (Å²) in [6.45, 7) is 0.546. The van der Waals surface area contributed by atoms with Gasteiger partial charge >= 0.3 is 5.97 Å². The molecule has 2 aromatic rings. The fraction of sp³-hybridized carbons (Fsp3) is 0.286. The number of carboxylic acids is 1. The van der Waals surface area contributed by atoms with Gasteiger partial charge in [-0.1, -0.05) is 6.07 Å². The molecule has 21 heavy (non-hydrogen) atoms. The first kappa shape index (κ1) is 13.4. The summed E-state index contributed by atoms with van der Waals surface area (Å²) in [5.74, 6) is 0.151. The van der Waals surface area contributed by atoms with E-state index in [1.54, 1.807) is 14.2 Å². The van der Waals surface area contributed by atoms with Gasteiger partial charge in [-0.05, 0) is 12.1 Å². The number of fused-ring (bicyclic) bond motifs is 1. The minimum Gasteiger partial charge on any atom is -0.476 e. The molecule has 0 aliphatic carbocycles. The number of nitrogens with zero attached hydrogens (tertiary/aromatic N) is 2. The number of hydrogen-bond acceptors (Lipinski definition) is 5. The third-order valence-corrected chi connectivity index (χ3v) is 3.27. The van der Waals surface area contributed by atoms with Crippen molar-refractivity contribution in [3.05, 3.63) is 29.5 Å². The second kappa shape index (κ2) is 5.10. The summed E-state index contributed by atoms with van der Waals surface area (Å²) >= 11 is 0. The number of rotatable bonds is 4. The summed E-state index contributed by atoms with van der Waals surface area (Å²) in [6, 6.07) is 5.24. The molecule has 0 bridgehead atoms. The summed E-state index contributed by atoms with van der Waals surface area (Å²) in [7, 11) is 3.30. The fourth-order valence-corrected chi connectivity index (χ4v) is 2.35. The van der Waals surface area contributed by atoms with Crippen LogP contribution in [-0.4, -0.2) is 34.8 Å². The highest BCUT2D eigenvalue weighted by atomic mass is 16.7. The summed E-state index contributed by atoms with van der Waals surface area (Å²) in [4.78, 5) is 11.0. The van der Waals surface area contributed by atoms with E-state index in [0.29, 0.717) is 23.8 Å². The lowest BCUT2D eigenvalue weighted by Gasteiger charge is -2.09. The number of benzene rings is 1. The number of aromatic carboxylic acids is 1. The molecule has 7 heteroatoms. The number of aryl methyl sites for hydroxylation is 1. The zero-order chi connectivity index (χ0) is 15.0. The highest BCUT2D eigenvalue weighted by molar-refractivity contribution is 5.87.